The van der Waals surface area contributed by atoms with Crippen LogP contribution in [0.4, 0.5) is 0 Å². The third kappa shape index (κ3) is 3.22. The molecule has 1 heterocycles. The van der Waals surface area contributed by atoms with Gasteiger partial charge in [0.15, 0.2) is 5.54 Å². The molecule has 20 heavy (non-hydrogen) atoms. The van der Waals surface area contributed by atoms with Gasteiger partial charge in [0.1, 0.15) is 6.04 Å². The van der Waals surface area contributed by atoms with Crippen LogP contribution in [0.15, 0.2) is 22.6 Å². The molecule has 2 atom stereocenters. The van der Waals surface area contributed by atoms with Crippen molar-refractivity contribution in [3.63, 3.8) is 0 Å². The average molecular weight is 276 g/mol. The molecule has 0 unspecified atom stereocenters. The number of hydrogen-bond donors (Lipinski definition) is 0. The molecule has 4 heteroatoms. The van der Waals surface area contributed by atoms with Gasteiger partial charge in [0.05, 0.1) is 14.2 Å². The Balaban J connectivity index is 3.26. The van der Waals surface area contributed by atoms with Crippen molar-refractivity contribution in [1.82, 2.24) is 0 Å². The first kappa shape index (κ1) is 16.3. The fourth-order valence-corrected chi connectivity index (χ4v) is 2.35. The van der Waals surface area contributed by atoms with Crippen LogP contribution < -0.4 is 0 Å². The molecule has 110 valence electrons. The van der Waals surface area contributed by atoms with Crippen molar-refractivity contribution in [1.29, 1.82) is 0 Å². The van der Waals surface area contributed by atoms with Crippen LogP contribution >= 0.6 is 0 Å². The third-order valence-corrected chi connectivity index (χ3v) is 3.42. The topological polar surface area (TPSA) is 43.2 Å². The highest BCUT2D eigenvalue weighted by Gasteiger charge is 2.42. The van der Waals surface area contributed by atoms with E-state index in [2.05, 4.69) is 31.3 Å². The Labute approximate surface area is 122 Å². The summed E-state index contributed by atoms with van der Waals surface area (Å²) in [7, 11) is 3.23. The first-order valence-electron chi connectivity index (χ1n) is 6.85. The molecule has 0 spiro atoms. The van der Waals surface area contributed by atoms with Crippen molar-refractivity contribution in [3.05, 3.63) is 12.7 Å². The highest BCUT2D eigenvalue weighted by Crippen LogP contribution is 2.31. The lowest BCUT2D eigenvalue weighted by Gasteiger charge is -2.35. The maximum atomic E-state index is 5.52. The quantitative estimate of drug-likeness (QED) is 0.572. The van der Waals surface area contributed by atoms with Gasteiger partial charge in [-0.15, -0.1) is 18.9 Å². The van der Waals surface area contributed by atoms with E-state index in [9.17, 15) is 0 Å². The number of aliphatic imine (C=N–C) groups is 2. The number of methoxy groups -OCH3 is 2. The van der Waals surface area contributed by atoms with Crippen LogP contribution in [0.2, 0.25) is 0 Å². The van der Waals surface area contributed by atoms with E-state index in [1.54, 1.807) is 14.2 Å². The average Bonchev–Trinajstić information content (AvgIpc) is 2.44. The van der Waals surface area contributed by atoms with Gasteiger partial charge in [-0.25, -0.2) is 9.98 Å². The van der Waals surface area contributed by atoms with Crippen LogP contribution in [0.3, 0.4) is 0 Å². The lowest BCUT2D eigenvalue weighted by Crippen LogP contribution is -2.46. The zero-order valence-electron chi connectivity index (χ0n) is 12.8. The summed E-state index contributed by atoms with van der Waals surface area (Å²) >= 11 is 0. The molecular weight excluding hydrogens is 252 g/mol. The number of allylic oxidation sites excluding steroid dienone is 1. The predicted octanol–water partition coefficient (Wildman–Crippen LogP) is 2.84. The molecule has 0 radical (unpaired) electrons. The van der Waals surface area contributed by atoms with E-state index < -0.39 is 5.54 Å². The van der Waals surface area contributed by atoms with Crippen LogP contribution in [0.25, 0.3) is 0 Å². The minimum atomic E-state index is -0.631. The molecule has 0 amide bonds. The minimum absolute atomic E-state index is 0.121. The van der Waals surface area contributed by atoms with Gasteiger partial charge in [-0.2, -0.15) is 0 Å². The van der Waals surface area contributed by atoms with Crippen LogP contribution in [0.1, 0.15) is 33.1 Å². The van der Waals surface area contributed by atoms with E-state index in [0.717, 1.165) is 6.42 Å². The maximum Gasteiger partial charge on any atom is 0.213 e. The second-order valence-corrected chi connectivity index (χ2v) is 5.22. The fraction of sp³-hybridized carbons (Fsp3) is 0.625. The predicted molar refractivity (Wildman–Crippen MR) is 83.1 cm³/mol. The summed E-state index contributed by atoms with van der Waals surface area (Å²) in [6.45, 7) is 7.91. The normalized spacial score (nSPS) is 25.5. The molecule has 0 N–H and O–H groups in total. The Hall–Kier alpha value is -1.76. The molecule has 0 saturated carbocycles. The molecular formula is C16H24N2O2. The van der Waals surface area contributed by atoms with E-state index in [4.69, 9.17) is 20.9 Å². The van der Waals surface area contributed by atoms with Crippen molar-refractivity contribution in [3.8, 4) is 12.3 Å². The summed E-state index contributed by atoms with van der Waals surface area (Å²) in [5.41, 5.74) is -0.631. The summed E-state index contributed by atoms with van der Waals surface area (Å²) < 4.78 is 10.9. The van der Waals surface area contributed by atoms with E-state index >= 15 is 0 Å². The van der Waals surface area contributed by atoms with E-state index in [1.807, 2.05) is 6.08 Å². The van der Waals surface area contributed by atoms with Crippen LogP contribution in [0.5, 0.6) is 0 Å². The van der Waals surface area contributed by atoms with Crippen molar-refractivity contribution < 1.29 is 9.47 Å². The number of terminal acetylenes is 1. The Bertz CT molecular complexity index is 446. The number of ether oxygens (including phenoxy) is 2. The molecule has 0 aromatic rings. The van der Waals surface area contributed by atoms with Gasteiger partial charge in [0.2, 0.25) is 11.8 Å². The maximum absolute atomic E-state index is 5.52. The van der Waals surface area contributed by atoms with Gasteiger partial charge in [-0.3, -0.25) is 0 Å². The van der Waals surface area contributed by atoms with E-state index in [-0.39, 0.29) is 12.0 Å². The SMILES string of the molecule is C#CC[C@]1(CCC=C)N=C(OC)[C@@H](C(C)C)N=C1OC. The molecule has 0 aliphatic carbocycles. The summed E-state index contributed by atoms with van der Waals surface area (Å²) in [6.07, 6.45) is 9.31. The summed E-state index contributed by atoms with van der Waals surface area (Å²) in [5.74, 6) is 4.18. The van der Waals surface area contributed by atoms with Crippen LogP contribution in [0, 0.1) is 18.3 Å². The first-order chi connectivity index (χ1) is 9.54. The van der Waals surface area contributed by atoms with Crippen molar-refractivity contribution >= 4 is 11.8 Å². The summed E-state index contributed by atoms with van der Waals surface area (Å²) in [5, 5.41) is 0. The molecule has 1 aliphatic heterocycles. The second-order valence-electron chi connectivity index (χ2n) is 5.22. The smallest absolute Gasteiger partial charge is 0.213 e. The molecule has 0 fully saturated rings. The highest BCUT2D eigenvalue weighted by molar-refractivity contribution is 5.97. The molecule has 1 rings (SSSR count). The third-order valence-electron chi connectivity index (χ3n) is 3.42. The van der Waals surface area contributed by atoms with Crippen molar-refractivity contribution in [2.24, 2.45) is 15.9 Å². The zero-order valence-corrected chi connectivity index (χ0v) is 12.8. The van der Waals surface area contributed by atoms with Crippen LogP contribution in [-0.2, 0) is 9.47 Å². The Morgan fingerprint density at radius 3 is 2.60 bits per heavy atom. The van der Waals surface area contributed by atoms with Gasteiger partial charge >= 0.3 is 0 Å². The largest absolute Gasteiger partial charge is 0.483 e. The number of nitrogens with zero attached hydrogens (tertiary/aromatic N) is 2. The summed E-state index contributed by atoms with van der Waals surface area (Å²) in [4.78, 5) is 9.45. The Kier molecular flexibility index (Phi) is 5.82. The van der Waals surface area contributed by atoms with Gasteiger partial charge in [0, 0.05) is 6.42 Å². The minimum Gasteiger partial charge on any atom is -0.483 e. The van der Waals surface area contributed by atoms with E-state index in [1.165, 1.54) is 0 Å². The van der Waals surface area contributed by atoms with Crippen molar-refractivity contribution in [2.75, 3.05) is 14.2 Å². The lowest BCUT2D eigenvalue weighted by molar-refractivity contribution is 0.299. The molecule has 0 saturated heterocycles. The fourth-order valence-electron chi connectivity index (χ4n) is 2.35. The molecule has 0 aromatic heterocycles. The van der Waals surface area contributed by atoms with E-state index in [0.29, 0.717) is 24.6 Å². The first-order valence-corrected chi connectivity index (χ1v) is 6.85. The molecule has 0 bridgehead atoms. The van der Waals surface area contributed by atoms with Crippen LogP contribution in [-0.4, -0.2) is 37.6 Å². The zero-order chi connectivity index (χ0) is 15.2. The van der Waals surface area contributed by atoms with Gasteiger partial charge in [-0.05, 0) is 18.8 Å². The van der Waals surface area contributed by atoms with Gasteiger partial charge in [0.25, 0.3) is 0 Å². The Morgan fingerprint density at radius 2 is 2.15 bits per heavy atom. The monoisotopic (exact) mass is 276 g/mol. The lowest BCUT2D eigenvalue weighted by atomic mass is 9.87. The number of hydrogen-bond acceptors (Lipinski definition) is 4. The van der Waals surface area contributed by atoms with Gasteiger partial charge < -0.3 is 9.47 Å². The standard InChI is InChI=1S/C16H24N2O2/c1-7-9-11-16(10-8-2)15(20-6)17-13(12(3)4)14(18-16)19-5/h2,7,12-13H,1,9-11H2,3-6H3/t13-,16-/m1/s1. The van der Waals surface area contributed by atoms with Gasteiger partial charge in [-0.1, -0.05) is 19.9 Å². The molecule has 1 aliphatic rings. The van der Waals surface area contributed by atoms with Crippen molar-refractivity contribution in [2.45, 2.75) is 44.7 Å². The molecule has 4 nitrogen and oxygen atoms in total. The number of rotatable bonds is 5. The second kappa shape index (κ2) is 7.14. The Morgan fingerprint density at radius 1 is 1.45 bits per heavy atom. The summed E-state index contributed by atoms with van der Waals surface area (Å²) in [6, 6.07) is -0.121. The molecule has 0 aromatic carbocycles. The highest BCUT2D eigenvalue weighted by atomic mass is 16.5.